The lowest BCUT2D eigenvalue weighted by atomic mass is 9.96. The number of nitrogens with zero attached hydrogens (tertiary/aromatic N) is 5. The molecule has 0 radical (unpaired) electrons. The fraction of sp³-hybridized carbons (Fsp3) is 0.281. The zero-order valence-electron chi connectivity index (χ0n) is 26.4. The molecule has 258 valence electrons. The van der Waals surface area contributed by atoms with Gasteiger partial charge < -0.3 is 15.2 Å². The van der Waals surface area contributed by atoms with Crippen molar-refractivity contribution in [2.45, 2.75) is 43.0 Å². The molecule has 1 aliphatic carbocycles. The van der Waals surface area contributed by atoms with E-state index in [-0.39, 0.29) is 22.7 Å². The molecule has 0 bridgehead atoms. The number of allylic oxidation sites excluding steroid dienone is 5. The topological polar surface area (TPSA) is 129 Å². The molecule has 0 fully saturated rings. The first-order valence-corrected chi connectivity index (χ1v) is 16.5. The van der Waals surface area contributed by atoms with Gasteiger partial charge >= 0.3 is 12.3 Å². The van der Waals surface area contributed by atoms with Crippen LogP contribution in [0.4, 0.5) is 33.3 Å². The third kappa shape index (κ3) is 6.19. The molecule has 2 aliphatic heterocycles. The van der Waals surface area contributed by atoms with E-state index in [1.807, 2.05) is 0 Å². The smallest absolute Gasteiger partial charge is 0.406 e. The Kier molecular flexibility index (Phi) is 7.98. The summed E-state index contributed by atoms with van der Waals surface area (Å²) in [6.45, 7) is 2.13. The second-order valence-corrected chi connectivity index (χ2v) is 14.2. The van der Waals surface area contributed by atoms with Crippen molar-refractivity contribution in [3.63, 3.8) is 0 Å². The Morgan fingerprint density at radius 3 is 2.41 bits per heavy atom. The largest absolute Gasteiger partial charge is 0.573 e. The van der Waals surface area contributed by atoms with Crippen molar-refractivity contribution >= 4 is 33.3 Å². The first-order valence-electron chi connectivity index (χ1n) is 14.7. The van der Waals surface area contributed by atoms with Gasteiger partial charge in [0.15, 0.2) is 15.5 Å². The molecule has 0 saturated heterocycles. The Bertz CT molecular complexity index is 2120. The number of hydrazone groups is 1. The number of halogens is 5. The lowest BCUT2D eigenvalue weighted by Gasteiger charge is -2.37. The molecule has 2 aromatic carbocycles. The fourth-order valence-electron chi connectivity index (χ4n) is 5.60. The minimum absolute atomic E-state index is 0.0411. The standard InChI is InChI=1S/C32H29F5N6O5S/c1-30(2,17-44)39-29(45)31(33,34)28-27-26(41(3)40-28)23-13-10-20(19-6-5-7-22(14-19)49(4,46)47)15-24(23)42-25(16-38-43(27)42)18-8-11-21(12-9-18)48-32(35,36)37/h5-8,10-16,44H,9,17H2,1-4H3,(H,39,45). The number of hydrazine groups is 1. The van der Waals surface area contributed by atoms with Crippen molar-refractivity contribution in [3.05, 3.63) is 83.4 Å². The van der Waals surface area contributed by atoms with Crippen molar-refractivity contribution in [1.82, 2.24) is 15.1 Å². The van der Waals surface area contributed by atoms with Gasteiger partial charge in [0.2, 0.25) is 0 Å². The van der Waals surface area contributed by atoms with Gasteiger partial charge in [-0.2, -0.15) is 24.1 Å². The zero-order valence-corrected chi connectivity index (χ0v) is 27.2. The first-order chi connectivity index (χ1) is 22.8. The van der Waals surface area contributed by atoms with Crippen LogP contribution in [0.3, 0.4) is 0 Å². The number of aryl methyl sites for hydroxylation is 1. The third-order valence-corrected chi connectivity index (χ3v) is 9.08. The monoisotopic (exact) mass is 704 g/mol. The molecule has 3 aliphatic rings. The molecule has 49 heavy (non-hydrogen) atoms. The molecule has 11 nitrogen and oxygen atoms in total. The van der Waals surface area contributed by atoms with Gasteiger partial charge in [-0.05, 0) is 73.4 Å². The summed E-state index contributed by atoms with van der Waals surface area (Å²) in [7, 11) is -2.13. The number of aromatic nitrogens is 2. The molecule has 2 N–H and O–H groups in total. The van der Waals surface area contributed by atoms with Crippen molar-refractivity contribution in [2.24, 2.45) is 12.1 Å². The zero-order chi connectivity index (χ0) is 35.7. The number of benzene rings is 2. The summed E-state index contributed by atoms with van der Waals surface area (Å²) in [6.07, 6.45) is 1.21. The summed E-state index contributed by atoms with van der Waals surface area (Å²) in [5.41, 5.74) is 0.292. The molecule has 0 spiro atoms. The Hall–Kier alpha value is -5.03. The number of alkyl halides is 5. The molecule has 0 unspecified atom stereocenters. The van der Waals surface area contributed by atoms with Gasteiger partial charge in [-0.15, -0.1) is 13.2 Å². The summed E-state index contributed by atoms with van der Waals surface area (Å²) in [5.74, 6) is -6.34. The number of carbonyl (C=O) groups is 1. The molecule has 17 heteroatoms. The number of anilines is 2. The second kappa shape index (κ2) is 11.5. The van der Waals surface area contributed by atoms with Gasteiger partial charge in [0.1, 0.15) is 11.4 Å². The van der Waals surface area contributed by atoms with Gasteiger partial charge in [0, 0.05) is 18.9 Å². The Morgan fingerprint density at radius 2 is 1.78 bits per heavy atom. The van der Waals surface area contributed by atoms with E-state index in [1.54, 1.807) is 30.3 Å². The molecule has 6 rings (SSSR count). The van der Waals surface area contributed by atoms with E-state index < -0.39 is 51.6 Å². The number of carbonyl (C=O) groups excluding carboxylic acids is 1. The summed E-state index contributed by atoms with van der Waals surface area (Å²) < 4.78 is 100. The van der Waals surface area contributed by atoms with Crippen LogP contribution in [0.25, 0.3) is 22.4 Å². The van der Waals surface area contributed by atoms with Crippen molar-refractivity contribution in [1.29, 1.82) is 0 Å². The minimum Gasteiger partial charge on any atom is -0.406 e. The van der Waals surface area contributed by atoms with Gasteiger partial charge in [0.05, 0.1) is 40.3 Å². The number of nitrogens with one attached hydrogen (secondary N) is 1. The quantitative estimate of drug-likeness (QED) is 0.317. The summed E-state index contributed by atoms with van der Waals surface area (Å²) in [4.78, 5) is 13.0. The average molecular weight is 705 g/mol. The molecule has 3 aromatic rings. The molecule has 1 aromatic heterocycles. The number of fused-ring (bicyclic) bond motifs is 6. The Labute approximate surface area is 277 Å². The average Bonchev–Trinajstić information content (AvgIpc) is 3.62. The highest BCUT2D eigenvalue weighted by molar-refractivity contribution is 7.90. The SMILES string of the molecule is Cn1nc(C(F)(F)C(=O)NC(C)(C)CO)c2c1-c1ccc(-c3cccc(S(C)(=O)=O)c3)cc1N1C(=C3C=CC(OC(F)(F)F)=CC3)C=NN21. The second-order valence-electron chi connectivity index (χ2n) is 12.2. The minimum atomic E-state index is -4.90. The van der Waals surface area contributed by atoms with Gasteiger partial charge in [0.25, 0.3) is 5.91 Å². The predicted octanol–water partition coefficient (Wildman–Crippen LogP) is 5.31. The van der Waals surface area contributed by atoms with E-state index in [0.717, 1.165) is 17.4 Å². The molecule has 0 atom stereocenters. The maximum Gasteiger partial charge on any atom is 0.573 e. The number of aliphatic hydroxyl groups is 1. The highest BCUT2D eigenvalue weighted by Crippen LogP contribution is 2.52. The van der Waals surface area contributed by atoms with Crippen LogP contribution in [0.2, 0.25) is 0 Å². The van der Waals surface area contributed by atoms with Crippen LogP contribution in [0.5, 0.6) is 0 Å². The van der Waals surface area contributed by atoms with Crippen LogP contribution >= 0.6 is 0 Å². The summed E-state index contributed by atoms with van der Waals surface area (Å²) >= 11 is 0. The lowest BCUT2D eigenvalue weighted by Crippen LogP contribution is -2.52. The van der Waals surface area contributed by atoms with Crippen LogP contribution in [0.15, 0.2) is 87.7 Å². The number of ether oxygens (including phenoxy) is 1. The van der Waals surface area contributed by atoms with Crippen LogP contribution < -0.4 is 15.4 Å². The van der Waals surface area contributed by atoms with E-state index in [1.165, 1.54) is 61.1 Å². The number of sulfone groups is 1. The molecule has 1 amide bonds. The Balaban J connectivity index is 1.53. The van der Waals surface area contributed by atoms with Gasteiger partial charge in [-0.3, -0.25) is 9.48 Å². The van der Waals surface area contributed by atoms with Crippen LogP contribution in [-0.4, -0.2) is 60.2 Å². The van der Waals surface area contributed by atoms with E-state index in [2.05, 4.69) is 20.3 Å². The van der Waals surface area contributed by atoms with Crippen LogP contribution in [0, 0.1) is 0 Å². The van der Waals surface area contributed by atoms with Gasteiger partial charge in [-0.25, -0.2) is 13.4 Å². The maximum absolute atomic E-state index is 16.0. The number of hydrogen-bond donors (Lipinski definition) is 2. The van der Waals surface area contributed by atoms with E-state index in [4.69, 9.17) is 0 Å². The van der Waals surface area contributed by atoms with Crippen LogP contribution in [-0.2, 0) is 32.3 Å². The van der Waals surface area contributed by atoms with Crippen LogP contribution in [0.1, 0.15) is 26.0 Å². The highest BCUT2D eigenvalue weighted by atomic mass is 32.2. The molecule has 0 saturated carbocycles. The molecular weight excluding hydrogens is 675 g/mol. The highest BCUT2D eigenvalue weighted by Gasteiger charge is 2.52. The molecule has 3 heterocycles. The van der Waals surface area contributed by atoms with Crippen molar-refractivity contribution in [2.75, 3.05) is 23.0 Å². The maximum atomic E-state index is 16.0. The molecular formula is C32H29F5N6O5S. The van der Waals surface area contributed by atoms with Gasteiger partial charge in [-0.1, -0.05) is 24.3 Å². The normalized spacial score (nSPS) is 17.5. The van der Waals surface area contributed by atoms with Crippen molar-refractivity contribution in [3.8, 4) is 22.4 Å². The van der Waals surface area contributed by atoms with Crippen molar-refractivity contribution < 1.29 is 45.0 Å². The van der Waals surface area contributed by atoms with E-state index in [0.29, 0.717) is 33.6 Å². The summed E-state index contributed by atoms with van der Waals surface area (Å²) in [6, 6.07) is 11.2. The number of amides is 1. The van der Waals surface area contributed by atoms with E-state index in [9.17, 15) is 31.5 Å². The number of hydrogen-bond acceptors (Lipinski definition) is 9. The number of rotatable bonds is 7. The first kappa shape index (κ1) is 33.9. The third-order valence-electron chi connectivity index (χ3n) is 7.97. The van der Waals surface area contributed by atoms with E-state index >= 15 is 8.78 Å². The predicted molar refractivity (Wildman–Crippen MR) is 170 cm³/mol. The Morgan fingerprint density at radius 1 is 1.06 bits per heavy atom. The summed E-state index contributed by atoms with van der Waals surface area (Å²) in [5, 5.41) is 22.8. The fourth-order valence-corrected chi connectivity index (χ4v) is 6.26. The lowest BCUT2D eigenvalue weighted by molar-refractivity contribution is -0.303. The number of aliphatic hydroxyl groups excluding tert-OH is 1.